The Morgan fingerprint density at radius 1 is 1.41 bits per heavy atom. The molecule has 1 fully saturated rings. The molecule has 98 valence electrons. The predicted octanol–water partition coefficient (Wildman–Crippen LogP) is -0.0326. The van der Waals surface area contributed by atoms with Gasteiger partial charge in [0.2, 0.25) is 11.8 Å². The van der Waals surface area contributed by atoms with Gasteiger partial charge in [0.25, 0.3) is 0 Å². The molecule has 0 aromatic carbocycles. The van der Waals surface area contributed by atoms with Gasteiger partial charge in [0, 0.05) is 20.1 Å². The van der Waals surface area contributed by atoms with Crippen LogP contribution in [0.2, 0.25) is 0 Å². The molecule has 1 heterocycles. The maximum absolute atomic E-state index is 12.0. The number of carbonyl (C=O) groups is 2. The number of amides is 2. The van der Waals surface area contributed by atoms with E-state index < -0.39 is 6.04 Å². The molecule has 3 atom stereocenters. The quantitative estimate of drug-likeness (QED) is 0.729. The van der Waals surface area contributed by atoms with Crippen molar-refractivity contribution in [1.29, 1.82) is 0 Å². The Morgan fingerprint density at radius 2 is 2.06 bits per heavy atom. The molecule has 0 saturated carbocycles. The van der Waals surface area contributed by atoms with Crippen LogP contribution in [0.25, 0.3) is 0 Å². The van der Waals surface area contributed by atoms with Crippen LogP contribution < -0.4 is 10.6 Å². The molecule has 1 aliphatic rings. The fraction of sp³-hybridized carbons (Fsp3) is 0.833. The molecular formula is C12H23N3O2. The van der Waals surface area contributed by atoms with E-state index in [1.54, 1.807) is 21.0 Å². The number of carbonyl (C=O) groups excluding carboxylic acids is 2. The van der Waals surface area contributed by atoms with Gasteiger partial charge < -0.3 is 15.5 Å². The van der Waals surface area contributed by atoms with Crippen molar-refractivity contribution < 1.29 is 9.59 Å². The lowest BCUT2D eigenvalue weighted by Gasteiger charge is -2.30. The number of hydrogen-bond donors (Lipinski definition) is 2. The first kappa shape index (κ1) is 14.0. The lowest BCUT2D eigenvalue weighted by Crippen LogP contribution is -2.51. The molecule has 1 saturated heterocycles. The van der Waals surface area contributed by atoms with Crippen LogP contribution in [-0.4, -0.2) is 49.4 Å². The Morgan fingerprint density at radius 3 is 2.59 bits per heavy atom. The maximum Gasteiger partial charge on any atom is 0.244 e. The summed E-state index contributed by atoms with van der Waals surface area (Å²) in [7, 11) is 3.38. The number of piperidine rings is 1. The highest BCUT2D eigenvalue weighted by atomic mass is 16.2. The van der Waals surface area contributed by atoms with Crippen molar-refractivity contribution in [2.24, 2.45) is 5.92 Å². The Kier molecular flexibility index (Phi) is 4.93. The smallest absolute Gasteiger partial charge is 0.244 e. The predicted molar refractivity (Wildman–Crippen MR) is 66.5 cm³/mol. The third-order valence-electron chi connectivity index (χ3n) is 3.27. The van der Waals surface area contributed by atoms with Gasteiger partial charge in [-0.15, -0.1) is 0 Å². The molecule has 0 spiro atoms. The third-order valence-corrected chi connectivity index (χ3v) is 3.27. The number of nitrogens with zero attached hydrogens (tertiary/aromatic N) is 1. The first-order valence-electron chi connectivity index (χ1n) is 6.18. The first-order chi connectivity index (χ1) is 7.93. The average molecular weight is 241 g/mol. The zero-order chi connectivity index (χ0) is 13.0. The van der Waals surface area contributed by atoms with E-state index in [0.29, 0.717) is 0 Å². The summed E-state index contributed by atoms with van der Waals surface area (Å²) in [4.78, 5) is 25.2. The van der Waals surface area contributed by atoms with Crippen LogP contribution in [0.3, 0.4) is 0 Å². The van der Waals surface area contributed by atoms with E-state index >= 15 is 0 Å². The van der Waals surface area contributed by atoms with E-state index in [4.69, 9.17) is 0 Å². The Balaban J connectivity index is 2.50. The van der Waals surface area contributed by atoms with Crippen molar-refractivity contribution in [3.8, 4) is 0 Å². The summed E-state index contributed by atoms with van der Waals surface area (Å²) < 4.78 is 0. The summed E-state index contributed by atoms with van der Waals surface area (Å²) in [6.07, 6.45) is 1.90. The fourth-order valence-corrected chi connectivity index (χ4v) is 2.17. The van der Waals surface area contributed by atoms with Crippen LogP contribution in [0.1, 0.15) is 26.7 Å². The Bertz CT molecular complexity index is 291. The second-order valence-electron chi connectivity index (χ2n) is 4.95. The molecular weight excluding hydrogens is 218 g/mol. The molecule has 1 rings (SSSR count). The monoisotopic (exact) mass is 241 g/mol. The molecule has 5 nitrogen and oxygen atoms in total. The van der Waals surface area contributed by atoms with Crippen LogP contribution in [0.4, 0.5) is 0 Å². The summed E-state index contributed by atoms with van der Waals surface area (Å²) in [6.45, 7) is 4.71. The maximum atomic E-state index is 12.0. The van der Waals surface area contributed by atoms with Gasteiger partial charge in [-0.25, -0.2) is 0 Å². The van der Waals surface area contributed by atoms with Gasteiger partial charge in [-0.2, -0.15) is 0 Å². The molecule has 2 N–H and O–H groups in total. The molecule has 3 unspecified atom stereocenters. The van der Waals surface area contributed by atoms with Gasteiger partial charge >= 0.3 is 0 Å². The second kappa shape index (κ2) is 6.00. The molecule has 2 amide bonds. The van der Waals surface area contributed by atoms with Crippen molar-refractivity contribution >= 4 is 11.8 Å². The second-order valence-corrected chi connectivity index (χ2v) is 4.95. The molecule has 0 radical (unpaired) electrons. The first-order valence-corrected chi connectivity index (χ1v) is 6.18. The summed E-state index contributed by atoms with van der Waals surface area (Å²) in [5.74, 6) is -0.122. The molecule has 1 aliphatic heterocycles. The number of hydrogen-bond acceptors (Lipinski definition) is 3. The molecule has 0 aromatic heterocycles. The Labute approximate surface area is 103 Å². The highest BCUT2D eigenvalue weighted by Crippen LogP contribution is 2.16. The van der Waals surface area contributed by atoms with E-state index in [1.807, 2.05) is 6.92 Å². The van der Waals surface area contributed by atoms with Gasteiger partial charge in [0.05, 0.1) is 5.92 Å². The molecule has 5 heteroatoms. The van der Waals surface area contributed by atoms with Crippen LogP contribution in [0.15, 0.2) is 0 Å². The van der Waals surface area contributed by atoms with Gasteiger partial charge in [-0.05, 0) is 33.2 Å². The van der Waals surface area contributed by atoms with E-state index in [2.05, 4.69) is 10.6 Å². The topological polar surface area (TPSA) is 61.4 Å². The van der Waals surface area contributed by atoms with E-state index in [9.17, 15) is 9.59 Å². The number of rotatable bonds is 3. The minimum absolute atomic E-state index is 0.0209. The van der Waals surface area contributed by atoms with Crippen molar-refractivity contribution in [3.05, 3.63) is 0 Å². The summed E-state index contributed by atoms with van der Waals surface area (Å²) in [6, 6.07) is -0.267. The standard InChI is InChI=1S/C12H23N3O2/c1-8-10(6-5-7-13-8)11(16)14-9(2)12(17)15(3)4/h8-10,13H,5-7H2,1-4H3,(H,14,16). The van der Waals surface area contributed by atoms with Crippen molar-refractivity contribution in [3.63, 3.8) is 0 Å². The van der Waals surface area contributed by atoms with E-state index in [1.165, 1.54) is 4.90 Å². The minimum atomic E-state index is -0.452. The highest BCUT2D eigenvalue weighted by molar-refractivity contribution is 5.88. The van der Waals surface area contributed by atoms with Crippen molar-refractivity contribution in [2.75, 3.05) is 20.6 Å². The molecule has 0 bridgehead atoms. The largest absolute Gasteiger partial charge is 0.347 e. The van der Waals surface area contributed by atoms with E-state index in [-0.39, 0.29) is 23.8 Å². The zero-order valence-electron chi connectivity index (χ0n) is 11.1. The number of nitrogens with one attached hydrogen (secondary N) is 2. The molecule has 0 aromatic rings. The van der Waals surface area contributed by atoms with Gasteiger partial charge in [0.1, 0.15) is 6.04 Å². The van der Waals surface area contributed by atoms with Crippen LogP contribution >= 0.6 is 0 Å². The van der Waals surface area contributed by atoms with Crippen LogP contribution in [-0.2, 0) is 9.59 Å². The van der Waals surface area contributed by atoms with Crippen LogP contribution in [0, 0.1) is 5.92 Å². The van der Waals surface area contributed by atoms with Gasteiger partial charge in [-0.1, -0.05) is 0 Å². The lowest BCUT2D eigenvalue weighted by molar-refractivity contribution is -0.135. The van der Waals surface area contributed by atoms with Crippen molar-refractivity contribution in [1.82, 2.24) is 15.5 Å². The van der Waals surface area contributed by atoms with E-state index in [0.717, 1.165) is 19.4 Å². The summed E-state index contributed by atoms with van der Waals surface area (Å²) in [5.41, 5.74) is 0. The summed E-state index contributed by atoms with van der Waals surface area (Å²) in [5, 5.41) is 6.07. The number of likely N-dealkylation sites (N-methyl/N-ethyl adjacent to an activating group) is 1. The zero-order valence-corrected chi connectivity index (χ0v) is 11.1. The van der Waals surface area contributed by atoms with Crippen LogP contribution in [0.5, 0.6) is 0 Å². The van der Waals surface area contributed by atoms with Crippen molar-refractivity contribution in [2.45, 2.75) is 38.8 Å². The fourth-order valence-electron chi connectivity index (χ4n) is 2.17. The minimum Gasteiger partial charge on any atom is -0.347 e. The molecule has 17 heavy (non-hydrogen) atoms. The highest BCUT2D eigenvalue weighted by Gasteiger charge is 2.29. The third kappa shape index (κ3) is 3.70. The normalized spacial score (nSPS) is 26.1. The summed E-state index contributed by atoms with van der Waals surface area (Å²) >= 11 is 0. The average Bonchev–Trinajstić information content (AvgIpc) is 2.28. The van der Waals surface area contributed by atoms with Gasteiger partial charge in [0.15, 0.2) is 0 Å². The SMILES string of the molecule is CC(NC(=O)C1CCCNC1C)C(=O)N(C)C. The Hall–Kier alpha value is -1.10. The molecule has 0 aliphatic carbocycles. The lowest BCUT2D eigenvalue weighted by atomic mass is 9.91. The van der Waals surface area contributed by atoms with Gasteiger partial charge in [-0.3, -0.25) is 9.59 Å².